The highest BCUT2D eigenvalue weighted by molar-refractivity contribution is 5.77. The van der Waals surface area contributed by atoms with Crippen molar-refractivity contribution in [2.45, 2.75) is 51.1 Å². The van der Waals surface area contributed by atoms with E-state index in [1.807, 2.05) is 0 Å². The fourth-order valence-electron chi connectivity index (χ4n) is 3.01. The Morgan fingerprint density at radius 2 is 2.11 bits per heavy atom. The van der Waals surface area contributed by atoms with Crippen LogP contribution in [0.5, 0.6) is 0 Å². The molecule has 5 heteroatoms. The molecule has 3 N–H and O–H groups in total. The largest absolute Gasteiger partial charge is 0.352 e. The van der Waals surface area contributed by atoms with Gasteiger partial charge >= 0.3 is 0 Å². The van der Waals surface area contributed by atoms with Gasteiger partial charge in [-0.1, -0.05) is 6.42 Å². The first kappa shape index (κ1) is 13.3. The average molecular weight is 253 g/mol. The van der Waals surface area contributed by atoms with Crippen LogP contribution in [0.1, 0.15) is 39.0 Å². The van der Waals surface area contributed by atoms with Crippen LogP contribution in [-0.2, 0) is 9.59 Å². The first-order valence-corrected chi connectivity index (χ1v) is 6.86. The highest BCUT2D eigenvalue weighted by Gasteiger charge is 2.29. The lowest BCUT2D eigenvalue weighted by molar-refractivity contribution is -0.128. The zero-order valence-corrected chi connectivity index (χ0v) is 11.0. The lowest BCUT2D eigenvalue weighted by Gasteiger charge is -2.18. The monoisotopic (exact) mass is 253 g/mol. The van der Waals surface area contributed by atoms with Gasteiger partial charge in [-0.15, -0.1) is 0 Å². The van der Waals surface area contributed by atoms with E-state index in [4.69, 9.17) is 5.73 Å². The van der Waals surface area contributed by atoms with Crippen molar-refractivity contribution < 1.29 is 9.59 Å². The maximum atomic E-state index is 11.9. The van der Waals surface area contributed by atoms with E-state index in [0.29, 0.717) is 18.9 Å². The highest BCUT2D eigenvalue weighted by atomic mass is 16.2. The van der Waals surface area contributed by atoms with Gasteiger partial charge in [-0.25, -0.2) is 0 Å². The number of nitrogens with zero attached hydrogens (tertiary/aromatic N) is 1. The van der Waals surface area contributed by atoms with Crippen molar-refractivity contribution in [2.75, 3.05) is 13.1 Å². The van der Waals surface area contributed by atoms with Gasteiger partial charge in [-0.2, -0.15) is 0 Å². The third-order valence-corrected chi connectivity index (χ3v) is 4.16. The van der Waals surface area contributed by atoms with E-state index in [0.717, 1.165) is 32.2 Å². The van der Waals surface area contributed by atoms with Gasteiger partial charge in [0, 0.05) is 38.5 Å². The molecule has 1 aliphatic heterocycles. The normalized spacial score (nSPS) is 31.7. The minimum Gasteiger partial charge on any atom is -0.352 e. The smallest absolute Gasteiger partial charge is 0.220 e. The highest BCUT2D eigenvalue weighted by Crippen LogP contribution is 2.26. The quantitative estimate of drug-likeness (QED) is 0.756. The number of nitrogens with one attached hydrogen (secondary N) is 1. The van der Waals surface area contributed by atoms with E-state index in [2.05, 4.69) is 5.32 Å². The molecule has 2 aliphatic rings. The molecule has 1 heterocycles. The van der Waals surface area contributed by atoms with E-state index in [9.17, 15) is 9.59 Å². The van der Waals surface area contributed by atoms with Gasteiger partial charge in [0.1, 0.15) is 0 Å². The van der Waals surface area contributed by atoms with Crippen molar-refractivity contribution in [2.24, 2.45) is 11.7 Å². The molecule has 1 saturated heterocycles. The lowest BCUT2D eigenvalue weighted by Crippen LogP contribution is -2.39. The van der Waals surface area contributed by atoms with Crippen LogP contribution in [0.15, 0.2) is 0 Å². The van der Waals surface area contributed by atoms with Gasteiger partial charge in [0.05, 0.1) is 0 Å². The van der Waals surface area contributed by atoms with Crippen LogP contribution in [0.25, 0.3) is 0 Å². The number of likely N-dealkylation sites (tertiary alicyclic amines) is 1. The average Bonchev–Trinajstić information content (AvgIpc) is 2.89. The van der Waals surface area contributed by atoms with Crippen molar-refractivity contribution in [1.29, 1.82) is 0 Å². The van der Waals surface area contributed by atoms with Gasteiger partial charge in [0.2, 0.25) is 11.8 Å². The number of rotatable bonds is 3. The van der Waals surface area contributed by atoms with Crippen LogP contribution in [-0.4, -0.2) is 41.9 Å². The third kappa shape index (κ3) is 3.22. The molecule has 18 heavy (non-hydrogen) atoms. The van der Waals surface area contributed by atoms with Crippen LogP contribution in [0.4, 0.5) is 0 Å². The maximum Gasteiger partial charge on any atom is 0.220 e. The Balaban J connectivity index is 1.73. The van der Waals surface area contributed by atoms with Gasteiger partial charge in [0.15, 0.2) is 0 Å². The predicted octanol–water partition coefficient (Wildman–Crippen LogP) is 0.241. The zero-order valence-electron chi connectivity index (χ0n) is 11.0. The maximum absolute atomic E-state index is 11.9. The SMILES string of the molecule is CC(=O)N1CCC(NC(=O)C[C@@H]2CCC[C@H]2N)C1. The van der Waals surface area contributed by atoms with E-state index in [1.165, 1.54) is 0 Å². The third-order valence-electron chi connectivity index (χ3n) is 4.16. The fourth-order valence-corrected chi connectivity index (χ4v) is 3.01. The molecule has 1 unspecified atom stereocenters. The summed E-state index contributed by atoms with van der Waals surface area (Å²) >= 11 is 0. The van der Waals surface area contributed by atoms with Crippen LogP contribution in [0.3, 0.4) is 0 Å². The summed E-state index contributed by atoms with van der Waals surface area (Å²) in [5.74, 6) is 0.521. The minimum atomic E-state index is 0.0876. The summed E-state index contributed by atoms with van der Waals surface area (Å²) in [6, 6.07) is 0.312. The molecule has 2 fully saturated rings. The number of hydrogen-bond acceptors (Lipinski definition) is 3. The van der Waals surface area contributed by atoms with Gasteiger partial charge in [0.25, 0.3) is 0 Å². The molecule has 1 aliphatic carbocycles. The number of carbonyl (C=O) groups is 2. The molecule has 0 bridgehead atoms. The van der Waals surface area contributed by atoms with Crippen molar-refractivity contribution in [3.05, 3.63) is 0 Å². The lowest BCUT2D eigenvalue weighted by atomic mass is 9.99. The molecule has 0 aromatic carbocycles. The van der Waals surface area contributed by atoms with E-state index in [-0.39, 0.29) is 23.9 Å². The predicted molar refractivity (Wildman–Crippen MR) is 68.7 cm³/mol. The first-order chi connectivity index (χ1) is 8.56. The molecule has 102 valence electrons. The molecule has 5 nitrogen and oxygen atoms in total. The summed E-state index contributed by atoms with van der Waals surface area (Å²) in [6.45, 7) is 2.97. The second-order valence-corrected chi connectivity index (χ2v) is 5.58. The van der Waals surface area contributed by atoms with Crippen molar-refractivity contribution >= 4 is 11.8 Å². The minimum absolute atomic E-state index is 0.0876. The second kappa shape index (κ2) is 5.69. The molecule has 0 radical (unpaired) electrons. The number of hydrogen-bond donors (Lipinski definition) is 2. The fraction of sp³-hybridized carbons (Fsp3) is 0.846. The van der Waals surface area contributed by atoms with Crippen molar-refractivity contribution in [1.82, 2.24) is 10.2 Å². The summed E-state index contributed by atoms with van der Waals surface area (Å²) in [6.07, 6.45) is 4.65. The summed E-state index contributed by atoms with van der Waals surface area (Å²) in [7, 11) is 0. The van der Waals surface area contributed by atoms with Gasteiger partial charge in [-0.05, 0) is 25.2 Å². The number of carbonyl (C=O) groups excluding carboxylic acids is 2. The first-order valence-electron chi connectivity index (χ1n) is 6.86. The molecule has 3 atom stereocenters. The number of amides is 2. The molecule has 0 aromatic heterocycles. The summed E-state index contributed by atoms with van der Waals surface area (Å²) in [5, 5.41) is 3.02. The van der Waals surface area contributed by atoms with E-state index < -0.39 is 0 Å². The Morgan fingerprint density at radius 1 is 1.33 bits per heavy atom. The zero-order chi connectivity index (χ0) is 13.1. The van der Waals surface area contributed by atoms with Gasteiger partial charge in [-0.3, -0.25) is 9.59 Å². The van der Waals surface area contributed by atoms with Gasteiger partial charge < -0.3 is 16.0 Å². The Bertz CT molecular complexity index is 332. The van der Waals surface area contributed by atoms with Crippen molar-refractivity contribution in [3.8, 4) is 0 Å². The Morgan fingerprint density at radius 3 is 2.67 bits per heavy atom. The Kier molecular flexibility index (Phi) is 4.22. The van der Waals surface area contributed by atoms with Crippen LogP contribution in [0, 0.1) is 5.92 Å². The van der Waals surface area contributed by atoms with Crippen LogP contribution >= 0.6 is 0 Å². The summed E-state index contributed by atoms with van der Waals surface area (Å²) < 4.78 is 0. The topological polar surface area (TPSA) is 75.4 Å². The summed E-state index contributed by atoms with van der Waals surface area (Å²) in [5.41, 5.74) is 5.96. The molecule has 2 rings (SSSR count). The van der Waals surface area contributed by atoms with Crippen molar-refractivity contribution in [3.63, 3.8) is 0 Å². The molecular weight excluding hydrogens is 230 g/mol. The molecule has 1 saturated carbocycles. The van der Waals surface area contributed by atoms with Crippen LogP contribution in [0.2, 0.25) is 0 Å². The van der Waals surface area contributed by atoms with Crippen LogP contribution < -0.4 is 11.1 Å². The standard InChI is InChI=1S/C13H23N3O2/c1-9(17)16-6-5-11(8-16)15-13(18)7-10-3-2-4-12(10)14/h10-12H,2-8,14H2,1H3,(H,15,18)/t10-,11?,12+/m0/s1. The second-order valence-electron chi connectivity index (χ2n) is 5.58. The Labute approximate surface area is 108 Å². The molecule has 0 aromatic rings. The Hall–Kier alpha value is -1.10. The number of nitrogens with two attached hydrogens (primary N) is 1. The molecular formula is C13H23N3O2. The molecule has 2 amide bonds. The van der Waals surface area contributed by atoms with E-state index in [1.54, 1.807) is 11.8 Å². The summed E-state index contributed by atoms with van der Waals surface area (Å²) in [4.78, 5) is 24.9. The molecule has 0 spiro atoms. The van der Waals surface area contributed by atoms with E-state index >= 15 is 0 Å².